The Balaban J connectivity index is 1.22. The molecule has 0 bridgehead atoms. The molecule has 0 radical (unpaired) electrons. The number of hydrogen-bond donors (Lipinski definition) is 0. The van der Waals surface area contributed by atoms with Crippen LogP contribution in [-0.4, -0.2) is 88.2 Å². The van der Waals surface area contributed by atoms with Gasteiger partial charge in [-0.2, -0.15) is 29.9 Å². The number of ether oxygens (including phenoxy) is 8. The second kappa shape index (κ2) is 29.6. The summed E-state index contributed by atoms with van der Waals surface area (Å²) in [6.07, 6.45) is 0.497. The average molecular weight is 1440 g/mol. The first-order valence-electron chi connectivity index (χ1n) is 36.0. The van der Waals surface area contributed by atoms with Crippen LogP contribution in [0.25, 0.3) is 33.4 Å². The Hall–Kier alpha value is -10.2. The van der Waals surface area contributed by atoms with Crippen molar-refractivity contribution in [3.8, 4) is 103 Å². The van der Waals surface area contributed by atoms with Gasteiger partial charge >= 0.3 is 24.0 Å². The molecular weight excluding hydrogens is 1330 g/mol. The highest BCUT2D eigenvalue weighted by molar-refractivity contribution is 5.83. The Labute approximate surface area is 626 Å². The lowest BCUT2D eigenvalue weighted by molar-refractivity contribution is 0.347. The van der Waals surface area contributed by atoms with Crippen LogP contribution in [0.4, 0.5) is 0 Å². The molecule has 106 heavy (non-hydrogen) atoms. The Kier molecular flexibility index (Phi) is 21.9. The summed E-state index contributed by atoms with van der Waals surface area (Å²) in [6.45, 7) is 53.9. The van der Waals surface area contributed by atoms with Crippen LogP contribution >= 0.6 is 0 Å². The molecule has 0 atom stereocenters. The Morgan fingerprint density at radius 3 is 0.689 bits per heavy atom. The number of aryl methyl sites for hydroxylation is 8. The van der Waals surface area contributed by atoms with Crippen LogP contribution in [0.1, 0.15) is 227 Å². The molecule has 0 N–H and O–H groups in total. The van der Waals surface area contributed by atoms with Gasteiger partial charge in [-0.15, -0.1) is 4.98 Å². The van der Waals surface area contributed by atoms with E-state index in [1.807, 2.05) is 64.1 Å². The van der Waals surface area contributed by atoms with E-state index in [9.17, 15) is 0 Å². The molecule has 0 saturated carbocycles. The Morgan fingerprint density at radius 2 is 0.443 bits per heavy atom. The van der Waals surface area contributed by atoms with E-state index < -0.39 is 21.7 Å². The molecule has 0 saturated heterocycles. The summed E-state index contributed by atoms with van der Waals surface area (Å²) < 4.78 is 53.6. The van der Waals surface area contributed by atoms with Crippen molar-refractivity contribution >= 4 is 0 Å². The fraction of sp³-hybridized carbons (Fsp3) is 0.442. The fourth-order valence-corrected chi connectivity index (χ4v) is 12.3. The van der Waals surface area contributed by atoms with Gasteiger partial charge in [0.05, 0.1) is 28.4 Å². The van der Waals surface area contributed by atoms with Crippen molar-refractivity contribution in [1.29, 1.82) is 0 Å². The molecule has 10 aromatic rings. The third-order valence-electron chi connectivity index (χ3n) is 17.8. The van der Waals surface area contributed by atoms with Crippen LogP contribution < -0.4 is 37.9 Å². The predicted molar refractivity (Wildman–Crippen MR) is 417 cm³/mol. The molecule has 20 heteroatoms. The molecule has 0 aliphatic carbocycles. The normalized spacial score (nSPS) is 12.3. The molecule has 0 fully saturated rings. The van der Waals surface area contributed by atoms with Crippen molar-refractivity contribution in [3.63, 3.8) is 0 Å². The molecule has 0 spiro atoms. The quantitative estimate of drug-likeness (QED) is 0.0733. The van der Waals surface area contributed by atoms with Gasteiger partial charge in [0.25, 0.3) is 0 Å². The SMILES string of the molecule is COc1cc(C)cc(-c2cc(C)cc(C)c2Cc2nc(C(C)(C)C)nc(C(C)(C)C)n2)c1Oc1nc(Cc2c(C)cc(C)cc2-c2cc(C)cc(OC)c2Oc2nc(C(C)(C)C)nc(C(C)(C)C)n2)nc(Oc2c(OC)cc(C)cc2-c2cc(C)cc(OC)c2Oc2nc(C(C)(C)C)nc(C(C)(C)C)n2)n1. The maximum Gasteiger partial charge on any atom is 0.328 e. The van der Waals surface area contributed by atoms with Crippen LogP contribution in [-0.2, 0) is 45.3 Å². The maximum atomic E-state index is 7.31. The van der Waals surface area contributed by atoms with Crippen molar-refractivity contribution in [2.45, 2.75) is 225 Å². The molecule has 0 aliphatic heterocycles. The van der Waals surface area contributed by atoms with Crippen LogP contribution in [0.3, 0.4) is 0 Å². The zero-order valence-corrected chi connectivity index (χ0v) is 68.0. The molecule has 10 rings (SSSR count). The minimum atomic E-state index is -0.454. The monoisotopic (exact) mass is 1430 g/mol. The van der Waals surface area contributed by atoms with Gasteiger partial charge in [-0.25, -0.2) is 24.9 Å². The number of rotatable bonds is 19. The summed E-state index contributed by atoms with van der Waals surface area (Å²) in [5.74, 6) is 7.70. The molecule has 6 aromatic carbocycles. The minimum absolute atomic E-state index is 0.0942. The van der Waals surface area contributed by atoms with Gasteiger partial charge in [-0.1, -0.05) is 160 Å². The summed E-state index contributed by atoms with van der Waals surface area (Å²) in [5.41, 5.74) is 11.2. The van der Waals surface area contributed by atoms with Gasteiger partial charge in [0.15, 0.2) is 46.0 Å². The molecule has 0 aliphatic rings. The maximum absolute atomic E-state index is 7.31. The number of methoxy groups -OCH3 is 4. The van der Waals surface area contributed by atoms with Crippen LogP contribution in [0.5, 0.6) is 70.0 Å². The molecular formula is C86H106N12O8. The highest BCUT2D eigenvalue weighted by Crippen LogP contribution is 2.51. The average Bonchev–Trinajstić information content (AvgIpc) is 0.774. The smallest absolute Gasteiger partial charge is 0.328 e. The zero-order valence-electron chi connectivity index (χ0n) is 68.0. The lowest BCUT2D eigenvalue weighted by atomic mass is 9.89. The molecule has 558 valence electrons. The zero-order chi connectivity index (χ0) is 77.8. The van der Waals surface area contributed by atoms with Gasteiger partial charge in [0.2, 0.25) is 0 Å². The number of nitrogens with zero attached hydrogens (tertiary/aromatic N) is 12. The standard InChI is InChI=1S/C86H106N12O8/c1-45-31-51(7)53(43-65-87-71(81(9,10)11)91-72(88-65)82(12,13)14)55(33-45)57-35-47(3)39-61(99-27)67(57)103-77-89-66(44-54-52(8)32-46(2)34-56(54)58-36-48(4)40-62(100-28)68(58)105-79-94-73(83(15,16)17)92-74(95-79)84(18,19)20)90-78(98-77)104-69-59(37-49(5)41-63(69)101-29)60-38-50(6)42-64(102-30)70(60)106-80-96-75(85(21,22)23)93-76(97-80)86(24,25)26/h31-42H,43-44H2,1-30H3. The Bertz CT molecular complexity index is 4910. The second-order valence-corrected chi connectivity index (χ2v) is 34.1. The van der Waals surface area contributed by atoms with E-state index in [0.717, 1.165) is 89.5 Å². The van der Waals surface area contributed by atoms with Crippen molar-refractivity contribution in [2.24, 2.45) is 0 Å². The van der Waals surface area contributed by atoms with Crippen LogP contribution in [0, 0.1) is 55.4 Å². The predicted octanol–water partition coefficient (Wildman–Crippen LogP) is 20.1. The first kappa shape index (κ1) is 78.4. The second-order valence-electron chi connectivity index (χ2n) is 34.1. The van der Waals surface area contributed by atoms with Gasteiger partial charge in [-0.05, 0) is 160 Å². The Morgan fingerprint density at radius 1 is 0.236 bits per heavy atom. The fourth-order valence-electron chi connectivity index (χ4n) is 12.3. The first-order chi connectivity index (χ1) is 49.3. The molecule has 4 aromatic heterocycles. The van der Waals surface area contributed by atoms with E-state index in [-0.39, 0.29) is 52.9 Å². The van der Waals surface area contributed by atoms with Crippen LogP contribution in [0.2, 0.25) is 0 Å². The van der Waals surface area contributed by atoms with Crippen molar-refractivity contribution in [1.82, 2.24) is 59.8 Å². The largest absolute Gasteiger partial charge is 0.493 e. The van der Waals surface area contributed by atoms with Gasteiger partial charge < -0.3 is 37.9 Å². The summed E-state index contributed by atoms with van der Waals surface area (Å²) in [6, 6.07) is 24.5. The van der Waals surface area contributed by atoms with Crippen molar-refractivity contribution in [2.75, 3.05) is 28.4 Å². The molecule has 0 unspecified atom stereocenters. The molecule has 4 heterocycles. The van der Waals surface area contributed by atoms with Gasteiger partial charge in [-0.3, -0.25) is 0 Å². The highest BCUT2D eigenvalue weighted by atomic mass is 16.5. The summed E-state index contributed by atoms with van der Waals surface area (Å²) in [5, 5.41) is 0. The van der Waals surface area contributed by atoms with E-state index in [4.69, 9.17) is 97.7 Å². The number of benzene rings is 6. The minimum Gasteiger partial charge on any atom is -0.493 e. The summed E-state index contributed by atoms with van der Waals surface area (Å²) in [4.78, 5) is 60.8. The number of hydrogen-bond acceptors (Lipinski definition) is 20. The lowest BCUT2D eigenvalue weighted by Crippen LogP contribution is -2.25. The van der Waals surface area contributed by atoms with E-state index in [1.54, 1.807) is 28.4 Å². The summed E-state index contributed by atoms with van der Waals surface area (Å²) in [7, 11) is 6.44. The molecule has 20 nitrogen and oxygen atoms in total. The van der Waals surface area contributed by atoms with Gasteiger partial charge in [0, 0.05) is 67.6 Å². The topological polar surface area (TPSA) is 229 Å². The van der Waals surface area contributed by atoms with Gasteiger partial charge in [0.1, 0.15) is 46.6 Å². The number of aromatic nitrogens is 12. The van der Waals surface area contributed by atoms with E-state index in [1.165, 1.54) is 0 Å². The lowest BCUT2D eigenvalue weighted by Gasteiger charge is -2.24. The molecule has 0 amide bonds. The third kappa shape index (κ3) is 17.7. The van der Waals surface area contributed by atoms with Crippen molar-refractivity contribution in [3.05, 3.63) is 175 Å². The third-order valence-corrected chi connectivity index (χ3v) is 17.8. The highest BCUT2D eigenvalue weighted by Gasteiger charge is 2.33. The van der Waals surface area contributed by atoms with E-state index in [0.29, 0.717) is 86.9 Å². The van der Waals surface area contributed by atoms with E-state index >= 15 is 0 Å². The van der Waals surface area contributed by atoms with Crippen LogP contribution in [0.15, 0.2) is 72.8 Å². The van der Waals surface area contributed by atoms with E-state index in [2.05, 4.69) is 189 Å². The van der Waals surface area contributed by atoms with Crippen molar-refractivity contribution < 1.29 is 37.9 Å². The first-order valence-corrected chi connectivity index (χ1v) is 36.0. The summed E-state index contributed by atoms with van der Waals surface area (Å²) >= 11 is 0.